The van der Waals surface area contributed by atoms with Gasteiger partial charge in [-0.25, -0.2) is 4.98 Å². The third-order valence-corrected chi connectivity index (χ3v) is 6.93. The molecule has 0 aliphatic carbocycles. The Balaban J connectivity index is 1.20. The van der Waals surface area contributed by atoms with E-state index < -0.39 is 0 Å². The number of fused-ring (bicyclic) bond motifs is 1. The van der Waals surface area contributed by atoms with Crippen molar-refractivity contribution < 1.29 is 4.79 Å². The van der Waals surface area contributed by atoms with E-state index in [-0.39, 0.29) is 11.9 Å². The minimum atomic E-state index is 0.189. The van der Waals surface area contributed by atoms with Crippen LogP contribution >= 0.6 is 0 Å². The largest absolute Gasteiger partial charge is 0.371 e. The van der Waals surface area contributed by atoms with Crippen LogP contribution in [0, 0.1) is 0 Å². The van der Waals surface area contributed by atoms with E-state index in [0.29, 0.717) is 6.54 Å². The lowest BCUT2D eigenvalue weighted by Gasteiger charge is -2.34. The first kappa shape index (κ1) is 21.0. The standard InChI is InChI=1S/C26H33N5O/c1-29-24-11-4-3-10-23(24)28-26(29)20-8-7-9-22(18-20)31-16-12-21(13-17-31)27-25(32)19-30-14-5-2-6-15-30/h3-4,7-11,18,21H,2,5-6,12-17,19H2,1H3,(H,27,32). The van der Waals surface area contributed by atoms with E-state index in [9.17, 15) is 4.79 Å². The quantitative estimate of drug-likeness (QED) is 0.668. The molecule has 6 heteroatoms. The number of aryl methyl sites for hydroxylation is 1. The lowest BCUT2D eigenvalue weighted by Crippen LogP contribution is -2.48. The maximum atomic E-state index is 12.5. The predicted molar refractivity (Wildman–Crippen MR) is 130 cm³/mol. The third kappa shape index (κ3) is 4.51. The monoisotopic (exact) mass is 431 g/mol. The minimum absolute atomic E-state index is 0.189. The summed E-state index contributed by atoms with van der Waals surface area (Å²) in [4.78, 5) is 22.0. The molecule has 0 saturated carbocycles. The van der Waals surface area contributed by atoms with Crippen molar-refractivity contribution in [2.75, 3.05) is 37.6 Å². The summed E-state index contributed by atoms with van der Waals surface area (Å²) < 4.78 is 2.17. The number of nitrogens with zero attached hydrogens (tertiary/aromatic N) is 4. The number of likely N-dealkylation sites (tertiary alicyclic amines) is 1. The number of imidazole rings is 1. The number of rotatable bonds is 5. The Morgan fingerprint density at radius 3 is 2.56 bits per heavy atom. The third-order valence-electron chi connectivity index (χ3n) is 6.93. The zero-order valence-corrected chi connectivity index (χ0v) is 19.0. The van der Waals surface area contributed by atoms with Crippen molar-refractivity contribution in [3.8, 4) is 11.4 Å². The molecule has 2 aromatic carbocycles. The van der Waals surface area contributed by atoms with Crippen LogP contribution < -0.4 is 10.2 Å². The molecule has 0 spiro atoms. The van der Waals surface area contributed by atoms with E-state index in [1.165, 1.54) is 24.9 Å². The highest BCUT2D eigenvalue weighted by atomic mass is 16.2. The Bertz CT molecular complexity index is 1080. The Labute approximate surface area is 190 Å². The number of carbonyl (C=O) groups is 1. The van der Waals surface area contributed by atoms with E-state index in [1.807, 2.05) is 6.07 Å². The van der Waals surface area contributed by atoms with Crippen molar-refractivity contribution in [3.63, 3.8) is 0 Å². The van der Waals surface area contributed by atoms with Crippen molar-refractivity contribution in [1.82, 2.24) is 19.8 Å². The molecule has 32 heavy (non-hydrogen) atoms. The number of hydrogen-bond acceptors (Lipinski definition) is 4. The number of hydrogen-bond donors (Lipinski definition) is 1. The number of nitrogens with one attached hydrogen (secondary N) is 1. The van der Waals surface area contributed by atoms with Crippen molar-refractivity contribution >= 4 is 22.6 Å². The summed E-state index contributed by atoms with van der Waals surface area (Å²) in [5, 5.41) is 3.28. The fourth-order valence-corrected chi connectivity index (χ4v) is 5.12. The Morgan fingerprint density at radius 2 is 1.78 bits per heavy atom. The van der Waals surface area contributed by atoms with Crippen LogP contribution in [-0.4, -0.2) is 59.1 Å². The number of amides is 1. The van der Waals surface area contributed by atoms with Crippen LogP contribution in [0.4, 0.5) is 5.69 Å². The maximum Gasteiger partial charge on any atom is 0.234 e. The molecule has 1 aromatic heterocycles. The lowest BCUT2D eigenvalue weighted by atomic mass is 10.0. The summed E-state index contributed by atoms with van der Waals surface area (Å²) in [6.07, 6.45) is 5.72. The summed E-state index contributed by atoms with van der Waals surface area (Å²) in [5.74, 6) is 1.18. The second-order valence-electron chi connectivity index (χ2n) is 9.20. The van der Waals surface area contributed by atoms with E-state index in [1.54, 1.807) is 0 Å². The number of aromatic nitrogens is 2. The Morgan fingerprint density at radius 1 is 1.00 bits per heavy atom. The van der Waals surface area contributed by atoms with E-state index >= 15 is 0 Å². The number of carbonyl (C=O) groups excluding carboxylic acids is 1. The fraction of sp³-hybridized carbons (Fsp3) is 0.462. The molecule has 3 aromatic rings. The van der Waals surface area contributed by atoms with Gasteiger partial charge in [-0.1, -0.05) is 30.7 Å². The second-order valence-corrected chi connectivity index (χ2v) is 9.20. The fourth-order valence-electron chi connectivity index (χ4n) is 5.12. The van der Waals surface area contributed by atoms with Gasteiger partial charge in [-0.2, -0.15) is 0 Å². The average molecular weight is 432 g/mol. The first-order chi connectivity index (χ1) is 15.7. The second kappa shape index (κ2) is 9.33. The van der Waals surface area contributed by atoms with Gasteiger partial charge in [0.1, 0.15) is 5.82 Å². The van der Waals surface area contributed by atoms with Gasteiger partial charge >= 0.3 is 0 Å². The summed E-state index contributed by atoms with van der Waals surface area (Å²) in [6, 6.07) is 17.2. The van der Waals surface area contributed by atoms with Gasteiger partial charge in [0.25, 0.3) is 0 Å². The van der Waals surface area contributed by atoms with Crippen molar-refractivity contribution in [3.05, 3.63) is 48.5 Å². The highest BCUT2D eigenvalue weighted by Crippen LogP contribution is 2.28. The first-order valence-electron chi connectivity index (χ1n) is 12.0. The molecule has 2 aliphatic heterocycles. The topological polar surface area (TPSA) is 53.4 Å². The van der Waals surface area contributed by atoms with Crippen molar-refractivity contribution in [2.24, 2.45) is 7.05 Å². The maximum absolute atomic E-state index is 12.5. The highest BCUT2D eigenvalue weighted by molar-refractivity contribution is 5.81. The zero-order valence-electron chi connectivity index (χ0n) is 19.0. The molecule has 168 valence electrons. The van der Waals surface area contributed by atoms with Gasteiger partial charge in [0.2, 0.25) is 5.91 Å². The highest BCUT2D eigenvalue weighted by Gasteiger charge is 2.23. The number of anilines is 1. The van der Waals surface area contributed by atoms with E-state index in [4.69, 9.17) is 4.98 Å². The molecule has 2 aliphatic rings. The summed E-state index contributed by atoms with van der Waals surface area (Å²) in [7, 11) is 2.08. The van der Waals surface area contributed by atoms with Crippen molar-refractivity contribution in [2.45, 2.75) is 38.1 Å². The molecule has 6 nitrogen and oxygen atoms in total. The van der Waals surface area contributed by atoms with Crippen LogP contribution in [-0.2, 0) is 11.8 Å². The van der Waals surface area contributed by atoms with Gasteiger partial charge in [-0.15, -0.1) is 0 Å². The van der Waals surface area contributed by atoms with Crippen LogP contribution in [0.1, 0.15) is 32.1 Å². The molecular weight excluding hydrogens is 398 g/mol. The SMILES string of the molecule is Cn1c(-c2cccc(N3CCC(NC(=O)CN4CCCCC4)CC3)c2)nc2ccccc21. The lowest BCUT2D eigenvalue weighted by molar-refractivity contribution is -0.123. The van der Waals surface area contributed by atoms with Gasteiger partial charge in [0, 0.05) is 37.4 Å². The molecule has 2 fully saturated rings. The molecule has 3 heterocycles. The molecule has 1 amide bonds. The molecule has 0 unspecified atom stereocenters. The molecule has 0 bridgehead atoms. The van der Waals surface area contributed by atoms with Gasteiger partial charge in [0.05, 0.1) is 17.6 Å². The predicted octanol–water partition coefficient (Wildman–Crippen LogP) is 3.81. The summed E-state index contributed by atoms with van der Waals surface area (Å²) in [6.45, 7) is 4.60. The zero-order chi connectivity index (χ0) is 21.9. The molecule has 5 rings (SSSR count). The van der Waals surface area contributed by atoms with Crippen LogP contribution in [0.15, 0.2) is 48.5 Å². The molecule has 0 atom stereocenters. The van der Waals surface area contributed by atoms with Gasteiger partial charge in [-0.05, 0) is 63.0 Å². The Hall–Kier alpha value is -2.86. The number of para-hydroxylation sites is 2. The van der Waals surface area contributed by atoms with Crippen molar-refractivity contribution in [1.29, 1.82) is 0 Å². The van der Waals surface area contributed by atoms with Crippen LogP contribution in [0.25, 0.3) is 22.4 Å². The molecule has 1 N–H and O–H groups in total. The van der Waals surface area contributed by atoms with Gasteiger partial charge in [0.15, 0.2) is 0 Å². The summed E-state index contributed by atoms with van der Waals surface area (Å²) in [5.41, 5.74) is 4.54. The summed E-state index contributed by atoms with van der Waals surface area (Å²) >= 11 is 0. The minimum Gasteiger partial charge on any atom is -0.371 e. The molecule has 0 radical (unpaired) electrons. The number of piperidine rings is 2. The molecule has 2 saturated heterocycles. The number of benzene rings is 2. The molecular formula is C26H33N5O. The average Bonchev–Trinajstić information content (AvgIpc) is 3.17. The van der Waals surface area contributed by atoms with Crippen LogP contribution in [0.3, 0.4) is 0 Å². The van der Waals surface area contributed by atoms with Gasteiger partial charge in [-0.3, -0.25) is 9.69 Å². The smallest absolute Gasteiger partial charge is 0.234 e. The van der Waals surface area contributed by atoms with E-state index in [2.05, 4.69) is 69.2 Å². The first-order valence-corrected chi connectivity index (χ1v) is 12.0. The van der Waals surface area contributed by atoms with Gasteiger partial charge < -0.3 is 14.8 Å². The van der Waals surface area contributed by atoms with E-state index in [0.717, 1.165) is 61.4 Å². The van der Waals surface area contributed by atoms with Crippen LogP contribution in [0.5, 0.6) is 0 Å². The Kier molecular flexibility index (Phi) is 6.12. The normalized spacial score (nSPS) is 18.2. The van der Waals surface area contributed by atoms with Crippen LogP contribution in [0.2, 0.25) is 0 Å².